The van der Waals surface area contributed by atoms with Gasteiger partial charge in [0.1, 0.15) is 5.82 Å². The number of fused-ring (bicyclic) bond motifs is 2. The molecule has 0 fully saturated rings. The third kappa shape index (κ3) is 3.02. The van der Waals surface area contributed by atoms with Gasteiger partial charge in [0.25, 0.3) is 5.56 Å². The van der Waals surface area contributed by atoms with Gasteiger partial charge in [-0.15, -0.1) is 0 Å². The van der Waals surface area contributed by atoms with E-state index in [0.717, 1.165) is 35.2 Å². The predicted octanol–water partition coefficient (Wildman–Crippen LogP) is 2.14. The monoisotopic (exact) mass is 374 g/mol. The second-order valence-corrected chi connectivity index (χ2v) is 7.29. The average Bonchev–Trinajstić information content (AvgIpc) is 3.17. The van der Waals surface area contributed by atoms with Gasteiger partial charge in [0.15, 0.2) is 0 Å². The van der Waals surface area contributed by atoms with E-state index in [1.807, 2.05) is 24.4 Å². The molecule has 3 aromatic rings. The van der Waals surface area contributed by atoms with Crippen LogP contribution in [0, 0.1) is 0 Å². The van der Waals surface area contributed by atoms with Crippen molar-refractivity contribution in [3.8, 4) is 0 Å². The Morgan fingerprint density at radius 1 is 1.18 bits per heavy atom. The van der Waals surface area contributed by atoms with E-state index in [-0.39, 0.29) is 5.56 Å². The first-order valence-corrected chi connectivity index (χ1v) is 9.77. The molecule has 7 nitrogen and oxygen atoms in total. The fourth-order valence-electron chi connectivity index (χ4n) is 4.00. The number of hydrogen-bond acceptors (Lipinski definition) is 5. The molecule has 0 atom stereocenters. The van der Waals surface area contributed by atoms with Crippen LogP contribution in [0.3, 0.4) is 0 Å². The van der Waals surface area contributed by atoms with E-state index in [9.17, 15) is 4.79 Å². The van der Waals surface area contributed by atoms with Gasteiger partial charge in [-0.1, -0.05) is 12.1 Å². The van der Waals surface area contributed by atoms with E-state index in [0.29, 0.717) is 24.9 Å². The minimum atomic E-state index is -0.0591. The summed E-state index contributed by atoms with van der Waals surface area (Å²) in [6.45, 7) is 2.18. The van der Waals surface area contributed by atoms with Crippen molar-refractivity contribution in [2.24, 2.45) is 4.99 Å². The molecule has 2 aliphatic heterocycles. The number of aliphatic imine (C=N–C) groups is 1. The third-order valence-electron chi connectivity index (χ3n) is 5.47. The van der Waals surface area contributed by atoms with Crippen molar-refractivity contribution in [2.45, 2.75) is 38.8 Å². The van der Waals surface area contributed by atoms with Crippen LogP contribution in [-0.4, -0.2) is 32.2 Å². The number of aromatic nitrogens is 4. The second kappa shape index (κ2) is 7.07. The van der Waals surface area contributed by atoms with Crippen molar-refractivity contribution in [1.82, 2.24) is 24.6 Å². The van der Waals surface area contributed by atoms with Gasteiger partial charge in [-0.25, -0.2) is 9.67 Å². The summed E-state index contributed by atoms with van der Waals surface area (Å²) in [6, 6.07) is 5.80. The number of aryl methyl sites for hydroxylation is 4. The second-order valence-electron chi connectivity index (χ2n) is 7.29. The number of imidazole rings is 1. The first-order valence-electron chi connectivity index (χ1n) is 9.77. The molecule has 0 amide bonds. The van der Waals surface area contributed by atoms with Crippen LogP contribution in [0.1, 0.15) is 29.9 Å². The molecule has 2 aromatic heterocycles. The van der Waals surface area contributed by atoms with Crippen molar-refractivity contribution < 1.29 is 0 Å². The summed E-state index contributed by atoms with van der Waals surface area (Å²) < 4.78 is 3.80. The van der Waals surface area contributed by atoms with Crippen LogP contribution in [0.4, 0.5) is 0 Å². The van der Waals surface area contributed by atoms with Crippen LogP contribution in [0.5, 0.6) is 0 Å². The summed E-state index contributed by atoms with van der Waals surface area (Å²) in [5, 5.41) is 9.01. The molecule has 0 aliphatic carbocycles. The molecule has 0 saturated heterocycles. The van der Waals surface area contributed by atoms with E-state index < -0.39 is 0 Å². The molecular weight excluding hydrogens is 352 g/mol. The Morgan fingerprint density at radius 2 is 2.14 bits per heavy atom. The molecule has 28 heavy (non-hydrogen) atoms. The molecular formula is C21H22N6O. The van der Waals surface area contributed by atoms with Crippen LogP contribution in [0.15, 0.2) is 46.6 Å². The van der Waals surface area contributed by atoms with Crippen molar-refractivity contribution in [1.29, 1.82) is 0 Å². The quantitative estimate of drug-likeness (QED) is 0.759. The molecule has 0 saturated carbocycles. The summed E-state index contributed by atoms with van der Waals surface area (Å²) in [4.78, 5) is 22.0. The minimum Gasteiger partial charge on any atom is -0.353 e. The fourth-order valence-corrected chi connectivity index (χ4v) is 4.00. The molecule has 1 aromatic carbocycles. The lowest BCUT2D eigenvalue weighted by molar-refractivity contribution is 0.522. The highest BCUT2D eigenvalue weighted by molar-refractivity contribution is 5.94. The first-order chi connectivity index (χ1) is 13.8. The molecule has 142 valence electrons. The molecule has 7 heteroatoms. The fraction of sp³-hybridized carbons (Fsp3) is 0.333. The molecule has 0 radical (unpaired) electrons. The van der Waals surface area contributed by atoms with Gasteiger partial charge in [-0.2, -0.15) is 5.10 Å². The zero-order chi connectivity index (χ0) is 18.9. The van der Waals surface area contributed by atoms with Crippen LogP contribution in [-0.2, 0) is 25.9 Å². The Hall–Kier alpha value is -3.22. The van der Waals surface area contributed by atoms with Gasteiger partial charge in [-0.3, -0.25) is 9.79 Å². The Kier molecular flexibility index (Phi) is 4.27. The molecule has 0 unspecified atom stereocenters. The van der Waals surface area contributed by atoms with Crippen molar-refractivity contribution in [2.75, 3.05) is 6.54 Å². The maximum atomic E-state index is 13.0. The Bertz CT molecular complexity index is 1130. The zero-order valence-corrected chi connectivity index (χ0v) is 15.6. The Labute approximate surface area is 162 Å². The van der Waals surface area contributed by atoms with Crippen LogP contribution in [0.2, 0.25) is 0 Å². The summed E-state index contributed by atoms with van der Waals surface area (Å²) in [6.07, 6.45) is 11.7. The number of nitrogens with one attached hydrogen (secondary N) is 1. The van der Waals surface area contributed by atoms with E-state index in [2.05, 4.69) is 26.2 Å². The van der Waals surface area contributed by atoms with Crippen LogP contribution >= 0.6 is 0 Å². The third-order valence-corrected chi connectivity index (χ3v) is 5.47. The van der Waals surface area contributed by atoms with Crippen molar-refractivity contribution in [3.05, 3.63) is 64.2 Å². The number of hydrogen-bond donors (Lipinski definition) is 1. The summed E-state index contributed by atoms with van der Waals surface area (Å²) in [7, 11) is 0. The lowest BCUT2D eigenvalue weighted by atomic mass is 10.0. The van der Waals surface area contributed by atoms with Gasteiger partial charge in [0.05, 0.1) is 36.7 Å². The average molecular weight is 374 g/mol. The highest BCUT2D eigenvalue weighted by atomic mass is 16.1. The zero-order valence-electron chi connectivity index (χ0n) is 15.6. The van der Waals surface area contributed by atoms with Gasteiger partial charge >= 0.3 is 0 Å². The first kappa shape index (κ1) is 16.9. The van der Waals surface area contributed by atoms with Gasteiger partial charge in [0.2, 0.25) is 0 Å². The maximum Gasteiger partial charge on any atom is 0.274 e. The summed E-state index contributed by atoms with van der Waals surface area (Å²) >= 11 is 0. The predicted molar refractivity (Wildman–Crippen MR) is 109 cm³/mol. The minimum absolute atomic E-state index is 0.0591. The standard InChI is InChI=1S/C21H22N6O/c28-21-18-5-3-4-17(15-10-22-14-23-11-15)19(18)12-24-27(21)9-7-16-13-26-8-2-1-6-20(26)25-16/h3-5,10,12-14H,1-2,6-9,11H2,(H,22,23). The van der Waals surface area contributed by atoms with Crippen molar-refractivity contribution >= 4 is 22.7 Å². The molecule has 0 spiro atoms. The molecule has 0 bridgehead atoms. The topological polar surface area (TPSA) is 77.1 Å². The van der Waals surface area contributed by atoms with E-state index in [4.69, 9.17) is 4.98 Å². The lowest BCUT2D eigenvalue weighted by Gasteiger charge is -2.12. The van der Waals surface area contributed by atoms with Crippen LogP contribution in [0.25, 0.3) is 16.3 Å². The molecule has 4 heterocycles. The Morgan fingerprint density at radius 3 is 3.00 bits per heavy atom. The molecule has 5 rings (SSSR count). The smallest absolute Gasteiger partial charge is 0.274 e. The van der Waals surface area contributed by atoms with Gasteiger partial charge in [-0.05, 0) is 30.0 Å². The lowest BCUT2D eigenvalue weighted by Crippen LogP contribution is -2.24. The van der Waals surface area contributed by atoms with Gasteiger partial charge < -0.3 is 9.88 Å². The largest absolute Gasteiger partial charge is 0.353 e. The maximum absolute atomic E-state index is 13.0. The highest BCUT2D eigenvalue weighted by Gasteiger charge is 2.14. The van der Waals surface area contributed by atoms with Crippen LogP contribution < -0.4 is 10.9 Å². The number of nitrogens with zero attached hydrogens (tertiary/aromatic N) is 5. The Balaban J connectivity index is 1.43. The normalized spacial score (nSPS) is 15.9. The van der Waals surface area contributed by atoms with Gasteiger partial charge in [0, 0.05) is 37.2 Å². The highest BCUT2D eigenvalue weighted by Crippen LogP contribution is 2.23. The summed E-state index contributed by atoms with van der Waals surface area (Å²) in [5.74, 6) is 1.17. The number of benzene rings is 1. The SMILES string of the molecule is O=c1c2cccc(C3=CNC=NC3)c2cnn1CCc1cn2c(n1)CCCC2. The molecule has 2 aliphatic rings. The van der Waals surface area contributed by atoms with E-state index >= 15 is 0 Å². The number of rotatable bonds is 4. The summed E-state index contributed by atoms with van der Waals surface area (Å²) in [5.41, 5.74) is 3.03. The van der Waals surface area contributed by atoms with E-state index in [1.165, 1.54) is 18.7 Å². The van der Waals surface area contributed by atoms with E-state index in [1.54, 1.807) is 17.2 Å². The van der Waals surface area contributed by atoms with Crippen molar-refractivity contribution in [3.63, 3.8) is 0 Å². The molecule has 1 N–H and O–H groups in total.